The van der Waals surface area contributed by atoms with Crippen LogP contribution in [0.3, 0.4) is 0 Å². The average molecular weight is 663 g/mol. The standard InChI is InChI=1S/C32H38N8O8/c1-46-26(42)18-39(16-24(33)14-8-9-15-34-31(44)47-19-22-10-4-2-5-11-22)25(41)17-40-21-35-27-28(40)36-30(37-29(27)43)38-32(45)48-20-23-12-6-3-7-13-23/h2-7,10-13,21,24H,8-9,14-20,33H2,1H3,(H,34,44)(H2,36,37,38,43,45). The molecule has 16 nitrogen and oxygen atoms in total. The molecule has 2 heterocycles. The number of benzene rings is 2. The molecule has 48 heavy (non-hydrogen) atoms. The lowest BCUT2D eigenvalue weighted by atomic mass is 10.1. The molecule has 0 aliphatic heterocycles. The molecule has 0 bridgehead atoms. The first kappa shape index (κ1) is 35.1. The smallest absolute Gasteiger partial charge is 0.414 e. The second kappa shape index (κ2) is 17.8. The number of rotatable bonds is 16. The van der Waals surface area contributed by atoms with E-state index in [-0.39, 0.29) is 50.0 Å². The van der Waals surface area contributed by atoms with Gasteiger partial charge in [-0.1, -0.05) is 67.1 Å². The molecule has 2 aromatic carbocycles. The lowest BCUT2D eigenvalue weighted by molar-refractivity contribution is -0.147. The first-order valence-electron chi connectivity index (χ1n) is 15.2. The van der Waals surface area contributed by atoms with E-state index in [9.17, 15) is 24.0 Å². The Balaban J connectivity index is 1.29. The lowest BCUT2D eigenvalue weighted by Crippen LogP contribution is -2.45. The molecule has 0 fully saturated rings. The van der Waals surface area contributed by atoms with Gasteiger partial charge in [-0.05, 0) is 24.0 Å². The Kier molecular flexibility index (Phi) is 13.0. The largest absolute Gasteiger partial charge is 0.468 e. The predicted molar refractivity (Wildman–Crippen MR) is 173 cm³/mol. The molecule has 0 saturated heterocycles. The Morgan fingerprint density at radius 3 is 2.25 bits per heavy atom. The SMILES string of the molecule is COC(=O)CN(CC(N)CCCCNC(=O)OCc1ccccc1)C(=O)Cn1cnc2c(=O)[nH]c(NC(=O)OCc3ccccc3)nc21. The maximum atomic E-state index is 13.4. The van der Waals surface area contributed by atoms with Crippen LogP contribution in [0.1, 0.15) is 30.4 Å². The Bertz CT molecular complexity index is 1730. The maximum absolute atomic E-state index is 13.4. The van der Waals surface area contributed by atoms with Gasteiger partial charge in [-0.15, -0.1) is 0 Å². The number of aromatic amines is 1. The fraction of sp³-hybridized carbons (Fsp3) is 0.344. The summed E-state index contributed by atoms with van der Waals surface area (Å²) in [7, 11) is 1.21. The summed E-state index contributed by atoms with van der Waals surface area (Å²) in [5, 5.41) is 5.07. The van der Waals surface area contributed by atoms with Crippen molar-refractivity contribution in [2.45, 2.75) is 45.1 Å². The summed E-state index contributed by atoms with van der Waals surface area (Å²) in [5.74, 6) is -1.34. The van der Waals surface area contributed by atoms with Crippen LogP contribution in [-0.2, 0) is 43.6 Å². The van der Waals surface area contributed by atoms with Crippen LogP contribution in [0, 0.1) is 0 Å². The summed E-state index contributed by atoms with van der Waals surface area (Å²) in [5.41, 5.74) is 7.29. The van der Waals surface area contributed by atoms with Gasteiger partial charge >= 0.3 is 18.2 Å². The number of esters is 1. The molecule has 4 rings (SSSR count). The average Bonchev–Trinajstić information content (AvgIpc) is 3.49. The highest BCUT2D eigenvalue weighted by atomic mass is 16.6. The van der Waals surface area contributed by atoms with E-state index in [0.29, 0.717) is 25.8 Å². The molecular formula is C32H38N8O8. The number of ether oxygens (including phenoxy) is 3. The Morgan fingerprint density at radius 1 is 0.958 bits per heavy atom. The van der Waals surface area contributed by atoms with E-state index in [0.717, 1.165) is 11.1 Å². The molecule has 0 saturated carbocycles. The minimum Gasteiger partial charge on any atom is -0.468 e. The number of nitrogens with two attached hydrogens (primary N) is 1. The van der Waals surface area contributed by atoms with E-state index in [1.165, 1.54) is 22.9 Å². The van der Waals surface area contributed by atoms with Crippen LogP contribution >= 0.6 is 0 Å². The molecule has 1 unspecified atom stereocenters. The number of imidazole rings is 1. The van der Waals surface area contributed by atoms with Gasteiger partial charge in [0.15, 0.2) is 11.2 Å². The molecule has 254 valence electrons. The zero-order chi connectivity index (χ0) is 34.3. The second-order valence-corrected chi connectivity index (χ2v) is 10.7. The third-order valence-electron chi connectivity index (χ3n) is 7.05. The third kappa shape index (κ3) is 10.9. The molecule has 5 N–H and O–H groups in total. The summed E-state index contributed by atoms with van der Waals surface area (Å²) in [6, 6.07) is 17.9. The van der Waals surface area contributed by atoms with Crippen LogP contribution < -0.4 is 21.9 Å². The number of carbonyl (C=O) groups excluding carboxylic acids is 4. The minimum atomic E-state index is -0.847. The fourth-order valence-corrected chi connectivity index (χ4v) is 4.58. The number of amides is 3. The fourth-order valence-electron chi connectivity index (χ4n) is 4.58. The van der Waals surface area contributed by atoms with Gasteiger partial charge in [-0.25, -0.2) is 14.6 Å². The van der Waals surface area contributed by atoms with E-state index in [2.05, 4.69) is 25.6 Å². The van der Waals surface area contributed by atoms with Crippen LogP contribution in [0.4, 0.5) is 15.5 Å². The number of hydrogen-bond donors (Lipinski definition) is 4. The van der Waals surface area contributed by atoms with Gasteiger partial charge in [0.1, 0.15) is 26.3 Å². The van der Waals surface area contributed by atoms with Crippen molar-refractivity contribution in [1.29, 1.82) is 0 Å². The van der Waals surface area contributed by atoms with Crippen molar-refractivity contribution in [1.82, 2.24) is 29.7 Å². The number of carbonyl (C=O) groups is 4. The first-order chi connectivity index (χ1) is 23.2. The highest BCUT2D eigenvalue weighted by molar-refractivity contribution is 5.85. The van der Waals surface area contributed by atoms with Crippen molar-refractivity contribution in [3.05, 3.63) is 88.5 Å². The zero-order valence-corrected chi connectivity index (χ0v) is 26.4. The number of alkyl carbamates (subject to hydrolysis) is 1. The predicted octanol–water partition coefficient (Wildman–Crippen LogP) is 2.29. The Hall–Kier alpha value is -5.77. The zero-order valence-electron chi connectivity index (χ0n) is 26.4. The van der Waals surface area contributed by atoms with Crippen LogP contribution in [0.15, 0.2) is 71.8 Å². The van der Waals surface area contributed by atoms with Crippen molar-refractivity contribution in [3.8, 4) is 0 Å². The van der Waals surface area contributed by atoms with E-state index in [1.807, 2.05) is 36.4 Å². The summed E-state index contributed by atoms with van der Waals surface area (Å²) in [6.45, 7) is -0.0781. The van der Waals surface area contributed by atoms with Crippen molar-refractivity contribution in [2.75, 3.05) is 32.1 Å². The van der Waals surface area contributed by atoms with Gasteiger partial charge in [-0.2, -0.15) is 4.98 Å². The lowest BCUT2D eigenvalue weighted by Gasteiger charge is -2.25. The number of H-pyrrole nitrogens is 1. The van der Waals surface area contributed by atoms with Gasteiger partial charge in [0.2, 0.25) is 11.9 Å². The van der Waals surface area contributed by atoms with Gasteiger partial charge in [0.25, 0.3) is 5.56 Å². The molecule has 0 radical (unpaired) electrons. The van der Waals surface area contributed by atoms with Crippen LogP contribution in [-0.4, -0.2) is 81.3 Å². The quantitative estimate of drug-likeness (QED) is 0.0776. The van der Waals surface area contributed by atoms with Crippen LogP contribution in [0.25, 0.3) is 11.2 Å². The monoisotopic (exact) mass is 662 g/mol. The normalized spacial score (nSPS) is 11.4. The molecule has 1 atom stereocenters. The highest BCUT2D eigenvalue weighted by Gasteiger charge is 2.22. The third-order valence-corrected chi connectivity index (χ3v) is 7.05. The molecular weight excluding hydrogens is 624 g/mol. The van der Waals surface area contributed by atoms with E-state index in [4.69, 9.17) is 19.9 Å². The summed E-state index contributed by atoms with van der Waals surface area (Å²) in [6.07, 6.45) is 1.66. The number of methoxy groups -OCH3 is 1. The van der Waals surface area contributed by atoms with Crippen molar-refractivity contribution < 1.29 is 33.4 Å². The summed E-state index contributed by atoms with van der Waals surface area (Å²) < 4.78 is 16.5. The van der Waals surface area contributed by atoms with Gasteiger partial charge in [0.05, 0.1) is 13.4 Å². The van der Waals surface area contributed by atoms with Crippen molar-refractivity contribution in [2.24, 2.45) is 5.73 Å². The number of aromatic nitrogens is 4. The van der Waals surface area contributed by atoms with Crippen LogP contribution in [0.5, 0.6) is 0 Å². The topological polar surface area (TPSA) is 213 Å². The van der Waals surface area contributed by atoms with E-state index >= 15 is 0 Å². The molecule has 0 aliphatic carbocycles. The van der Waals surface area contributed by atoms with E-state index in [1.54, 1.807) is 24.3 Å². The van der Waals surface area contributed by atoms with Gasteiger partial charge < -0.3 is 34.7 Å². The van der Waals surface area contributed by atoms with Gasteiger partial charge in [0, 0.05) is 19.1 Å². The Labute approximate surface area is 275 Å². The van der Waals surface area contributed by atoms with Crippen molar-refractivity contribution in [3.63, 3.8) is 0 Å². The van der Waals surface area contributed by atoms with Gasteiger partial charge in [-0.3, -0.25) is 24.7 Å². The number of anilines is 1. The highest BCUT2D eigenvalue weighted by Crippen LogP contribution is 2.11. The number of nitrogens with zero attached hydrogens (tertiary/aromatic N) is 4. The van der Waals surface area contributed by atoms with E-state index < -0.39 is 35.7 Å². The second-order valence-electron chi connectivity index (χ2n) is 10.7. The molecule has 3 amide bonds. The first-order valence-corrected chi connectivity index (χ1v) is 15.2. The number of fused-ring (bicyclic) bond motifs is 1. The Morgan fingerprint density at radius 2 is 1.60 bits per heavy atom. The molecule has 0 spiro atoms. The maximum Gasteiger partial charge on any atom is 0.414 e. The molecule has 4 aromatic rings. The molecule has 2 aromatic heterocycles. The summed E-state index contributed by atoms with van der Waals surface area (Å²) >= 11 is 0. The van der Waals surface area contributed by atoms with Crippen molar-refractivity contribution >= 4 is 41.2 Å². The summed E-state index contributed by atoms with van der Waals surface area (Å²) in [4.78, 5) is 74.4. The number of hydrogen-bond acceptors (Lipinski definition) is 11. The van der Waals surface area contributed by atoms with Crippen LogP contribution in [0.2, 0.25) is 0 Å². The molecule has 0 aliphatic rings. The molecule has 16 heteroatoms. The number of unbranched alkanes of at least 4 members (excludes halogenated alkanes) is 1. The number of nitrogens with one attached hydrogen (secondary N) is 3. The minimum absolute atomic E-state index is 0.00443.